The topological polar surface area (TPSA) is 37.4 Å². The van der Waals surface area contributed by atoms with Gasteiger partial charge in [-0.05, 0) is 75.9 Å². The van der Waals surface area contributed by atoms with Crippen molar-refractivity contribution >= 4 is 49.3 Å². The summed E-state index contributed by atoms with van der Waals surface area (Å²) in [6.45, 7) is 8.98. The SMILES string of the molecule is CCC(C)(Br)c1ccc2c3c(cccc13)C(C)(CC)c1ccc3c4c(ccc-2c14)C(=O)N(C)C3=O. The predicted octanol–water partition coefficient (Wildman–Crippen LogP) is 7.94. The number of benzene rings is 4. The number of hydrogen-bond donors (Lipinski definition) is 0. The van der Waals surface area contributed by atoms with Gasteiger partial charge in [-0.1, -0.05) is 79.2 Å². The van der Waals surface area contributed by atoms with Crippen molar-refractivity contribution in [2.24, 2.45) is 0 Å². The van der Waals surface area contributed by atoms with Crippen LogP contribution in [0.5, 0.6) is 0 Å². The van der Waals surface area contributed by atoms with Crippen LogP contribution in [0.15, 0.2) is 54.6 Å². The Morgan fingerprint density at radius 1 is 0.800 bits per heavy atom. The fourth-order valence-corrected chi connectivity index (χ4v) is 6.60. The van der Waals surface area contributed by atoms with Crippen LogP contribution in [0.2, 0.25) is 0 Å². The largest absolute Gasteiger partial charge is 0.277 e. The van der Waals surface area contributed by atoms with Crippen LogP contribution < -0.4 is 0 Å². The fraction of sp³-hybridized carbons (Fsp3) is 0.290. The third kappa shape index (κ3) is 2.72. The first-order valence-corrected chi connectivity index (χ1v) is 13.1. The molecule has 2 unspecified atom stereocenters. The quantitative estimate of drug-likeness (QED) is 0.201. The Kier molecular flexibility index (Phi) is 4.67. The molecular weight excluding hydrogens is 498 g/mol. The molecule has 0 aromatic heterocycles. The summed E-state index contributed by atoms with van der Waals surface area (Å²) in [5.41, 5.74) is 6.97. The second-order valence-corrected chi connectivity index (χ2v) is 12.1. The average molecular weight is 526 g/mol. The molecule has 0 spiro atoms. The Bertz CT molecular complexity index is 1590. The van der Waals surface area contributed by atoms with Crippen LogP contribution in [0, 0.1) is 0 Å². The van der Waals surface area contributed by atoms with E-state index < -0.39 is 0 Å². The molecule has 4 aromatic rings. The Balaban J connectivity index is 1.86. The molecule has 1 aliphatic carbocycles. The lowest BCUT2D eigenvalue weighted by atomic mass is 9.71. The average Bonchev–Trinajstić information content (AvgIpc) is 2.96. The molecule has 4 aromatic carbocycles. The summed E-state index contributed by atoms with van der Waals surface area (Å²) < 4.78 is -0.136. The fourth-order valence-electron chi connectivity index (χ4n) is 6.25. The molecular formula is C31H28BrNO2. The molecule has 1 heterocycles. The Labute approximate surface area is 214 Å². The van der Waals surface area contributed by atoms with Crippen molar-refractivity contribution in [3.8, 4) is 11.1 Å². The third-order valence-corrected chi connectivity index (χ3v) is 9.67. The number of rotatable bonds is 3. The number of alkyl halides is 1. The first-order chi connectivity index (χ1) is 16.7. The molecule has 3 nitrogen and oxygen atoms in total. The molecule has 0 radical (unpaired) electrons. The highest BCUT2D eigenvalue weighted by Gasteiger charge is 2.39. The molecule has 35 heavy (non-hydrogen) atoms. The van der Waals surface area contributed by atoms with E-state index in [9.17, 15) is 9.59 Å². The van der Waals surface area contributed by atoms with Crippen LogP contribution in [-0.4, -0.2) is 23.8 Å². The molecule has 2 aliphatic rings. The number of halogens is 1. The molecule has 0 fully saturated rings. The lowest BCUT2D eigenvalue weighted by molar-refractivity contribution is 0.0650. The van der Waals surface area contributed by atoms with E-state index in [0.29, 0.717) is 11.1 Å². The number of nitrogens with zero attached hydrogens (tertiary/aromatic N) is 1. The van der Waals surface area contributed by atoms with E-state index in [-0.39, 0.29) is 21.6 Å². The van der Waals surface area contributed by atoms with Gasteiger partial charge in [0, 0.05) is 33.3 Å². The van der Waals surface area contributed by atoms with Crippen LogP contribution in [0.1, 0.15) is 77.9 Å². The van der Waals surface area contributed by atoms with Crippen molar-refractivity contribution in [1.29, 1.82) is 0 Å². The van der Waals surface area contributed by atoms with E-state index in [0.717, 1.165) is 29.2 Å². The first-order valence-electron chi connectivity index (χ1n) is 12.3. The van der Waals surface area contributed by atoms with E-state index in [1.165, 1.54) is 37.9 Å². The minimum Gasteiger partial charge on any atom is -0.277 e. The zero-order valence-corrected chi connectivity index (χ0v) is 22.3. The van der Waals surface area contributed by atoms with Crippen molar-refractivity contribution in [2.45, 2.75) is 50.3 Å². The Hall–Kier alpha value is -2.98. The number of imide groups is 1. The van der Waals surface area contributed by atoms with Gasteiger partial charge in [-0.15, -0.1) is 0 Å². The second-order valence-electron chi connectivity index (χ2n) is 10.4. The third-order valence-electron chi connectivity index (χ3n) is 8.68. The van der Waals surface area contributed by atoms with E-state index in [1.807, 2.05) is 12.1 Å². The maximum atomic E-state index is 13.2. The molecule has 6 rings (SSSR count). The summed E-state index contributed by atoms with van der Waals surface area (Å²) >= 11 is 4.00. The Morgan fingerprint density at radius 2 is 1.37 bits per heavy atom. The molecule has 4 heteroatoms. The van der Waals surface area contributed by atoms with Crippen LogP contribution in [0.3, 0.4) is 0 Å². The molecule has 2 amide bonds. The van der Waals surface area contributed by atoms with Crippen molar-refractivity contribution in [2.75, 3.05) is 7.05 Å². The first kappa shape index (κ1) is 22.5. The maximum Gasteiger partial charge on any atom is 0.261 e. The van der Waals surface area contributed by atoms with Gasteiger partial charge in [0.15, 0.2) is 0 Å². The molecule has 1 aliphatic heterocycles. The highest BCUT2D eigenvalue weighted by Crippen LogP contribution is 2.53. The summed E-state index contributed by atoms with van der Waals surface area (Å²) in [5.74, 6) is -0.464. The number of carbonyl (C=O) groups excluding carboxylic acids is 2. The van der Waals surface area contributed by atoms with Gasteiger partial charge in [-0.25, -0.2) is 0 Å². The summed E-state index contributed by atoms with van der Waals surface area (Å²) in [4.78, 5) is 27.5. The number of hydrogen-bond acceptors (Lipinski definition) is 2. The Morgan fingerprint density at radius 3 is 2.03 bits per heavy atom. The normalized spacial score (nSPS) is 20.3. The van der Waals surface area contributed by atoms with Gasteiger partial charge in [-0.3, -0.25) is 14.5 Å². The van der Waals surface area contributed by atoms with E-state index in [2.05, 4.69) is 86.1 Å². The van der Waals surface area contributed by atoms with Gasteiger partial charge in [0.05, 0.1) is 0 Å². The van der Waals surface area contributed by atoms with E-state index >= 15 is 0 Å². The van der Waals surface area contributed by atoms with Crippen LogP contribution in [0.4, 0.5) is 0 Å². The van der Waals surface area contributed by atoms with Gasteiger partial charge in [0.1, 0.15) is 0 Å². The molecule has 0 bridgehead atoms. The van der Waals surface area contributed by atoms with Gasteiger partial charge < -0.3 is 0 Å². The molecule has 0 saturated heterocycles. The van der Waals surface area contributed by atoms with Crippen LogP contribution in [-0.2, 0) is 9.74 Å². The van der Waals surface area contributed by atoms with E-state index in [4.69, 9.17) is 0 Å². The summed E-state index contributed by atoms with van der Waals surface area (Å²) in [6, 6.07) is 19.2. The van der Waals surface area contributed by atoms with Gasteiger partial charge >= 0.3 is 0 Å². The zero-order valence-electron chi connectivity index (χ0n) is 20.8. The number of carbonyl (C=O) groups is 2. The van der Waals surface area contributed by atoms with E-state index in [1.54, 1.807) is 7.05 Å². The lowest BCUT2D eigenvalue weighted by Crippen LogP contribution is -2.37. The minimum atomic E-state index is -0.278. The monoisotopic (exact) mass is 525 g/mol. The summed E-state index contributed by atoms with van der Waals surface area (Å²) in [5, 5.41) is 4.37. The predicted molar refractivity (Wildman–Crippen MR) is 147 cm³/mol. The maximum absolute atomic E-state index is 13.2. The highest BCUT2D eigenvalue weighted by molar-refractivity contribution is 9.09. The standard InChI is InChI=1S/C31H28BrNO2/c1-6-30(3)23-10-8-9-19-22(31(4,32)7-2)15-13-17(25(19)23)18-11-12-20-26-21(14-16-24(30)27(18)26)29(35)33(5)28(20)34/h8-16H,6-7H2,1-5H3. The minimum absolute atomic E-state index is 0.136. The van der Waals surface area contributed by atoms with Gasteiger partial charge in [-0.2, -0.15) is 0 Å². The van der Waals surface area contributed by atoms with Crippen molar-refractivity contribution in [3.63, 3.8) is 0 Å². The van der Waals surface area contributed by atoms with Crippen LogP contribution >= 0.6 is 15.9 Å². The van der Waals surface area contributed by atoms with Crippen LogP contribution in [0.25, 0.3) is 32.7 Å². The summed E-state index contributed by atoms with van der Waals surface area (Å²) in [6.07, 6.45) is 1.87. The molecule has 0 N–H and O–H groups in total. The molecule has 2 atom stereocenters. The summed E-state index contributed by atoms with van der Waals surface area (Å²) in [7, 11) is 1.57. The van der Waals surface area contributed by atoms with Gasteiger partial charge in [0.2, 0.25) is 0 Å². The lowest BCUT2D eigenvalue weighted by Gasteiger charge is -2.33. The highest BCUT2D eigenvalue weighted by atomic mass is 79.9. The van der Waals surface area contributed by atoms with Crippen molar-refractivity contribution in [3.05, 3.63) is 82.4 Å². The zero-order chi connectivity index (χ0) is 24.9. The number of amides is 2. The van der Waals surface area contributed by atoms with Crippen molar-refractivity contribution < 1.29 is 9.59 Å². The van der Waals surface area contributed by atoms with Crippen molar-refractivity contribution in [1.82, 2.24) is 4.90 Å². The molecule has 0 saturated carbocycles. The molecule has 176 valence electrons. The van der Waals surface area contributed by atoms with Gasteiger partial charge in [0.25, 0.3) is 11.8 Å². The smallest absolute Gasteiger partial charge is 0.261 e. The second kappa shape index (κ2) is 7.27. The number of fused-ring (bicyclic) bond motifs is 1.